The summed E-state index contributed by atoms with van der Waals surface area (Å²) in [4.78, 5) is 28.0. The minimum absolute atomic E-state index is 0.00574. The number of piperazine rings is 1. The van der Waals surface area contributed by atoms with Crippen LogP contribution in [0, 0.1) is 0 Å². The Hall–Kier alpha value is -1.10. The van der Waals surface area contributed by atoms with Crippen LogP contribution in [0.5, 0.6) is 0 Å². The number of rotatable bonds is 6. The van der Waals surface area contributed by atoms with E-state index in [0.29, 0.717) is 19.4 Å². The number of carbonyl (C=O) groups is 2. The summed E-state index contributed by atoms with van der Waals surface area (Å²) in [6.45, 7) is 5.47. The molecule has 1 aliphatic heterocycles. The molecule has 0 aromatic heterocycles. The van der Waals surface area contributed by atoms with Crippen LogP contribution in [0.3, 0.4) is 0 Å². The van der Waals surface area contributed by atoms with E-state index in [1.54, 1.807) is 4.90 Å². The van der Waals surface area contributed by atoms with Crippen LogP contribution >= 0.6 is 0 Å². The van der Waals surface area contributed by atoms with Crippen molar-refractivity contribution in [2.45, 2.75) is 45.2 Å². The van der Waals surface area contributed by atoms with Crippen LogP contribution in [0.2, 0.25) is 0 Å². The lowest BCUT2D eigenvalue weighted by Crippen LogP contribution is -2.63. The lowest BCUT2D eigenvalue weighted by Gasteiger charge is -2.38. The summed E-state index contributed by atoms with van der Waals surface area (Å²) in [6, 6.07) is -0.623. The molecule has 0 bridgehead atoms. The van der Waals surface area contributed by atoms with E-state index in [-0.39, 0.29) is 23.9 Å². The Kier molecular flexibility index (Phi) is 5.59. The molecule has 0 radical (unpaired) electrons. The fourth-order valence-corrected chi connectivity index (χ4v) is 2.33. The standard InChI is InChI=1S/C13H25N3O2/c1-5-10-13(18)16(9-7-8-15(3)4)11(6-2)12(17)14-10/h10-11H,5-9H2,1-4H3,(H,14,17). The Morgan fingerprint density at radius 3 is 2.39 bits per heavy atom. The highest BCUT2D eigenvalue weighted by atomic mass is 16.2. The van der Waals surface area contributed by atoms with E-state index in [2.05, 4.69) is 10.2 Å². The van der Waals surface area contributed by atoms with Crippen molar-refractivity contribution in [3.8, 4) is 0 Å². The first kappa shape index (κ1) is 15.0. The van der Waals surface area contributed by atoms with Crippen LogP contribution in [-0.2, 0) is 9.59 Å². The molecule has 1 saturated heterocycles. The van der Waals surface area contributed by atoms with E-state index >= 15 is 0 Å². The molecule has 0 saturated carbocycles. The van der Waals surface area contributed by atoms with Gasteiger partial charge in [0.2, 0.25) is 11.8 Å². The minimum Gasteiger partial charge on any atom is -0.343 e. The van der Waals surface area contributed by atoms with Crippen molar-refractivity contribution in [2.24, 2.45) is 0 Å². The molecule has 0 aromatic rings. The molecule has 18 heavy (non-hydrogen) atoms. The van der Waals surface area contributed by atoms with Gasteiger partial charge in [0, 0.05) is 6.54 Å². The van der Waals surface area contributed by atoms with Crippen LogP contribution in [0.1, 0.15) is 33.1 Å². The monoisotopic (exact) mass is 255 g/mol. The molecule has 1 N–H and O–H groups in total. The number of nitrogens with zero attached hydrogens (tertiary/aromatic N) is 2. The van der Waals surface area contributed by atoms with Crippen molar-refractivity contribution in [2.75, 3.05) is 27.2 Å². The van der Waals surface area contributed by atoms with Gasteiger partial charge in [-0.1, -0.05) is 13.8 Å². The first-order valence-corrected chi connectivity index (χ1v) is 6.76. The summed E-state index contributed by atoms with van der Waals surface area (Å²) >= 11 is 0. The molecule has 2 amide bonds. The lowest BCUT2D eigenvalue weighted by molar-refractivity contribution is -0.149. The maximum Gasteiger partial charge on any atom is 0.245 e. The second kappa shape index (κ2) is 6.73. The zero-order valence-corrected chi connectivity index (χ0v) is 11.9. The van der Waals surface area contributed by atoms with Crippen LogP contribution in [0.25, 0.3) is 0 Å². The third-order valence-corrected chi connectivity index (χ3v) is 3.38. The largest absolute Gasteiger partial charge is 0.343 e. The normalized spacial score (nSPS) is 24.6. The summed E-state index contributed by atoms with van der Waals surface area (Å²) in [5.74, 6) is 0.0662. The van der Waals surface area contributed by atoms with Gasteiger partial charge in [-0.3, -0.25) is 9.59 Å². The van der Waals surface area contributed by atoms with Crippen LogP contribution in [-0.4, -0.2) is 60.9 Å². The van der Waals surface area contributed by atoms with E-state index in [4.69, 9.17) is 0 Å². The van der Waals surface area contributed by atoms with Crippen LogP contribution < -0.4 is 5.32 Å². The predicted octanol–water partition coefficient (Wildman–Crippen LogP) is 0.454. The molecule has 1 heterocycles. The van der Waals surface area contributed by atoms with E-state index in [0.717, 1.165) is 13.0 Å². The summed E-state index contributed by atoms with van der Waals surface area (Å²) in [5.41, 5.74) is 0. The highest BCUT2D eigenvalue weighted by Gasteiger charge is 2.38. The second-order valence-electron chi connectivity index (χ2n) is 5.08. The van der Waals surface area contributed by atoms with Crippen molar-refractivity contribution >= 4 is 11.8 Å². The fraction of sp³-hybridized carbons (Fsp3) is 0.846. The van der Waals surface area contributed by atoms with Crippen molar-refractivity contribution in [1.29, 1.82) is 0 Å². The van der Waals surface area contributed by atoms with Gasteiger partial charge in [0.15, 0.2) is 0 Å². The third kappa shape index (κ3) is 3.45. The molecule has 0 aliphatic carbocycles. The lowest BCUT2D eigenvalue weighted by atomic mass is 10.0. The van der Waals surface area contributed by atoms with E-state index in [1.807, 2.05) is 27.9 Å². The second-order valence-corrected chi connectivity index (χ2v) is 5.08. The molecule has 1 rings (SSSR count). The van der Waals surface area contributed by atoms with E-state index in [1.165, 1.54) is 0 Å². The maximum atomic E-state index is 12.2. The predicted molar refractivity (Wildman–Crippen MR) is 71.2 cm³/mol. The Labute approximate surface area is 110 Å². The smallest absolute Gasteiger partial charge is 0.245 e. The first-order chi connectivity index (χ1) is 8.51. The number of carbonyl (C=O) groups excluding carboxylic acids is 2. The van der Waals surface area contributed by atoms with Gasteiger partial charge in [0.1, 0.15) is 12.1 Å². The zero-order chi connectivity index (χ0) is 13.7. The van der Waals surface area contributed by atoms with Crippen LogP contribution in [0.15, 0.2) is 0 Å². The van der Waals surface area contributed by atoms with Gasteiger partial charge >= 0.3 is 0 Å². The molecule has 5 heteroatoms. The van der Waals surface area contributed by atoms with Gasteiger partial charge in [0.25, 0.3) is 0 Å². The zero-order valence-electron chi connectivity index (χ0n) is 11.9. The summed E-state index contributed by atoms with van der Waals surface area (Å²) in [7, 11) is 4.02. The Bertz CT molecular complexity index is 305. The maximum absolute atomic E-state index is 12.2. The van der Waals surface area contributed by atoms with Gasteiger partial charge in [0.05, 0.1) is 0 Å². The molecular weight excluding hydrogens is 230 g/mol. The highest BCUT2D eigenvalue weighted by Crippen LogP contribution is 2.15. The van der Waals surface area contributed by atoms with Crippen LogP contribution in [0.4, 0.5) is 0 Å². The van der Waals surface area contributed by atoms with Gasteiger partial charge in [-0.2, -0.15) is 0 Å². The third-order valence-electron chi connectivity index (χ3n) is 3.38. The number of amides is 2. The fourth-order valence-electron chi connectivity index (χ4n) is 2.33. The molecule has 1 aliphatic rings. The van der Waals surface area contributed by atoms with Crippen molar-refractivity contribution in [3.05, 3.63) is 0 Å². The van der Waals surface area contributed by atoms with Gasteiger partial charge in [-0.05, 0) is 39.9 Å². The molecule has 2 atom stereocenters. The molecule has 0 spiro atoms. The van der Waals surface area contributed by atoms with Gasteiger partial charge < -0.3 is 15.1 Å². The molecule has 104 valence electrons. The molecule has 2 unspecified atom stereocenters. The van der Waals surface area contributed by atoms with Crippen molar-refractivity contribution in [1.82, 2.24) is 15.1 Å². The summed E-state index contributed by atoms with van der Waals surface area (Å²) in [6.07, 6.45) is 2.24. The van der Waals surface area contributed by atoms with E-state index in [9.17, 15) is 9.59 Å². The Morgan fingerprint density at radius 1 is 1.22 bits per heavy atom. The SMILES string of the molecule is CCC1NC(=O)C(CC)N(CCCN(C)C)C1=O. The van der Waals surface area contributed by atoms with E-state index < -0.39 is 0 Å². The van der Waals surface area contributed by atoms with Crippen molar-refractivity contribution < 1.29 is 9.59 Å². The number of nitrogens with one attached hydrogen (secondary N) is 1. The quantitative estimate of drug-likeness (QED) is 0.750. The summed E-state index contributed by atoms with van der Waals surface area (Å²) < 4.78 is 0. The van der Waals surface area contributed by atoms with Gasteiger partial charge in [-0.15, -0.1) is 0 Å². The average Bonchev–Trinajstić information content (AvgIpc) is 2.32. The molecule has 5 nitrogen and oxygen atoms in total. The Morgan fingerprint density at radius 2 is 1.89 bits per heavy atom. The van der Waals surface area contributed by atoms with Crippen molar-refractivity contribution in [3.63, 3.8) is 0 Å². The molecular formula is C13H25N3O2. The number of hydrogen-bond acceptors (Lipinski definition) is 3. The summed E-state index contributed by atoms with van der Waals surface area (Å²) in [5, 5.41) is 2.81. The molecule has 0 aromatic carbocycles. The van der Waals surface area contributed by atoms with Gasteiger partial charge in [-0.25, -0.2) is 0 Å². The topological polar surface area (TPSA) is 52.7 Å². The number of hydrogen-bond donors (Lipinski definition) is 1. The average molecular weight is 255 g/mol. The highest BCUT2D eigenvalue weighted by molar-refractivity contribution is 5.96. The first-order valence-electron chi connectivity index (χ1n) is 6.76. The molecule has 1 fully saturated rings. The minimum atomic E-state index is -0.334. The Balaban J connectivity index is 2.67.